The molecular weight excluding hydrogens is 374 g/mol. The molecule has 1 saturated heterocycles. The van der Waals surface area contributed by atoms with Gasteiger partial charge in [0.25, 0.3) is 5.91 Å². The molecule has 2 N–H and O–H groups in total. The lowest BCUT2D eigenvalue weighted by molar-refractivity contribution is -0.898. The molecule has 0 bridgehead atoms. The maximum Gasteiger partial charge on any atom is 0.254 e. The van der Waals surface area contributed by atoms with E-state index in [4.69, 9.17) is 0 Å². The molecule has 2 aromatic rings. The van der Waals surface area contributed by atoms with Gasteiger partial charge >= 0.3 is 0 Å². The van der Waals surface area contributed by atoms with Crippen LogP contribution in [0.15, 0.2) is 65.6 Å². The maximum absolute atomic E-state index is 12.8. The highest BCUT2D eigenvalue weighted by Gasteiger charge is 2.24. The van der Waals surface area contributed by atoms with Crippen molar-refractivity contribution >= 4 is 22.0 Å². The van der Waals surface area contributed by atoms with E-state index < -0.39 is 10.0 Å². The lowest BCUT2D eigenvalue weighted by Crippen LogP contribution is -3.14. The van der Waals surface area contributed by atoms with Crippen LogP contribution in [0.2, 0.25) is 0 Å². The van der Waals surface area contributed by atoms with Gasteiger partial charge in [-0.2, -0.15) is 0 Å². The number of carbonyl (C=O) groups excluding carboxylic acids is 1. The summed E-state index contributed by atoms with van der Waals surface area (Å²) in [4.78, 5) is 16.1. The Hall–Kier alpha value is -2.48. The summed E-state index contributed by atoms with van der Waals surface area (Å²) in [6.45, 7) is 4.00. The molecule has 1 aliphatic rings. The lowest BCUT2D eigenvalue weighted by atomic mass is 10.1. The first-order valence-electron chi connectivity index (χ1n) is 9.37. The summed E-state index contributed by atoms with van der Waals surface area (Å²) >= 11 is 0. The average molecular weight is 401 g/mol. The Bertz CT molecular complexity index is 934. The normalized spacial score (nSPS) is 15.8. The highest BCUT2D eigenvalue weighted by Crippen LogP contribution is 2.13. The van der Waals surface area contributed by atoms with Crippen LogP contribution in [0.4, 0.5) is 0 Å². The van der Waals surface area contributed by atoms with E-state index in [0.29, 0.717) is 18.7 Å². The van der Waals surface area contributed by atoms with Crippen LogP contribution in [0.3, 0.4) is 0 Å². The smallest absolute Gasteiger partial charge is 0.254 e. The van der Waals surface area contributed by atoms with Gasteiger partial charge in [0.2, 0.25) is 10.0 Å². The number of benzene rings is 2. The second-order valence-corrected chi connectivity index (χ2v) is 8.68. The Balaban J connectivity index is 1.55. The summed E-state index contributed by atoms with van der Waals surface area (Å²) in [6, 6.07) is 16.4. The van der Waals surface area contributed by atoms with Crippen LogP contribution in [0.5, 0.6) is 0 Å². The molecule has 0 aromatic heterocycles. The molecule has 0 unspecified atom stereocenters. The van der Waals surface area contributed by atoms with E-state index in [9.17, 15) is 13.2 Å². The number of rotatable bonds is 6. The van der Waals surface area contributed by atoms with Gasteiger partial charge in [-0.1, -0.05) is 42.5 Å². The van der Waals surface area contributed by atoms with Gasteiger partial charge in [-0.15, -0.1) is 0 Å². The zero-order valence-electron chi connectivity index (χ0n) is 16.0. The number of piperazine rings is 1. The highest BCUT2D eigenvalue weighted by molar-refractivity contribution is 7.89. The van der Waals surface area contributed by atoms with E-state index in [1.807, 2.05) is 18.2 Å². The molecule has 0 saturated carbocycles. The van der Waals surface area contributed by atoms with E-state index in [-0.39, 0.29) is 10.8 Å². The van der Waals surface area contributed by atoms with Crippen molar-refractivity contribution in [1.82, 2.24) is 9.62 Å². The minimum Gasteiger partial charge on any atom is -0.329 e. The quantitative estimate of drug-likeness (QED) is 0.748. The summed E-state index contributed by atoms with van der Waals surface area (Å²) in [7, 11) is -2.20. The first-order chi connectivity index (χ1) is 13.5. The van der Waals surface area contributed by atoms with E-state index in [2.05, 4.69) is 29.0 Å². The van der Waals surface area contributed by atoms with E-state index in [1.165, 1.54) is 29.6 Å². The number of carbonyl (C=O) groups is 1. The van der Waals surface area contributed by atoms with Crippen LogP contribution in [-0.4, -0.2) is 59.0 Å². The molecule has 0 aliphatic carbocycles. The summed E-state index contributed by atoms with van der Waals surface area (Å²) in [5.74, 6) is -0.118. The van der Waals surface area contributed by atoms with Crippen molar-refractivity contribution in [3.8, 4) is 0 Å². The average Bonchev–Trinajstić information content (AvgIpc) is 2.74. The Labute approximate surface area is 166 Å². The molecule has 1 heterocycles. The highest BCUT2D eigenvalue weighted by atomic mass is 32.2. The minimum absolute atomic E-state index is 0.108. The third kappa shape index (κ3) is 5.07. The van der Waals surface area contributed by atoms with Gasteiger partial charge in [-0.3, -0.25) is 4.79 Å². The second-order valence-electron chi connectivity index (χ2n) is 6.79. The molecule has 28 heavy (non-hydrogen) atoms. The summed E-state index contributed by atoms with van der Waals surface area (Å²) in [5.41, 5.74) is 1.59. The standard InChI is InChI=1S/C21H25N3O3S/c1-22-28(26,27)20-11-5-10-19(17-20)21(25)24-15-13-23(14-16-24)12-6-9-18-7-3-2-4-8-18/h2-11,17,22H,12-16H2,1H3/p+1/b9-6+. The Morgan fingerprint density at radius 2 is 1.82 bits per heavy atom. The first-order valence-corrected chi connectivity index (χ1v) is 10.9. The van der Waals surface area contributed by atoms with Crippen LogP contribution in [-0.2, 0) is 10.0 Å². The molecule has 6 nitrogen and oxygen atoms in total. The molecule has 7 heteroatoms. The van der Waals surface area contributed by atoms with Gasteiger partial charge in [0, 0.05) is 5.56 Å². The third-order valence-electron chi connectivity index (χ3n) is 4.93. The topological polar surface area (TPSA) is 70.9 Å². The molecular formula is C21H26N3O3S+. The number of hydrogen-bond donors (Lipinski definition) is 2. The molecule has 0 radical (unpaired) electrons. The second kappa shape index (κ2) is 9.14. The Morgan fingerprint density at radius 3 is 2.50 bits per heavy atom. The van der Waals surface area contributed by atoms with Crippen molar-refractivity contribution in [3.63, 3.8) is 0 Å². The lowest BCUT2D eigenvalue weighted by Gasteiger charge is -2.31. The predicted molar refractivity (Wildman–Crippen MR) is 110 cm³/mol. The molecule has 0 atom stereocenters. The molecule has 1 amide bonds. The minimum atomic E-state index is -3.56. The number of nitrogens with one attached hydrogen (secondary N) is 2. The van der Waals surface area contributed by atoms with Crippen LogP contribution < -0.4 is 9.62 Å². The van der Waals surface area contributed by atoms with Crippen molar-refractivity contribution < 1.29 is 18.1 Å². The Kier molecular flexibility index (Phi) is 6.61. The third-order valence-corrected chi connectivity index (χ3v) is 6.35. The molecule has 1 fully saturated rings. The van der Waals surface area contributed by atoms with Gasteiger partial charge < -0.3 is 9.80 Å². The predicted octanol–water partition coefficient (Wildman–Crippen LogP) is 0.649. The SMILES string of the molecule is CNS(=O)(=O)c1cccc(C(=O)N2CC[NH+](C/C=C/c3ccccc3)CC2)c1. The van der Waals surface area contributed by atoms with E-state index >= 15 is 0 Å². The molecule has 1 aliphatic heterocycles. The zero-order chi connectivity index (χ0) is 20.0. The number of amides is 1. The fourth-order valence-electron chi connectivity index (χ4n) is 3.25. The fourth-order valence-corrected chi connectivity index (χ4v) is 4.03. The fraction of sp³-hybridized carbons (Fsp3) is 0.286. The molecule has 0 spiro atoms. The largest absolute Gasteiger partial charge is 0.329 e. The van der Waals surface area contributed by atoms with Crippen LogP contribution in [0.25, 0.3) is 6.08 Å². The van der Waals surface area contributed by atoms with Gasteiger partial charge in [0.15, 0.2) is 0 Å². The van der Waals surface area contributed by atoms with Crippen LogP contribution in [0, 0.1) is 0 Å². The summed E-state index contributed by atoms with van der Waals surface area (Å²) in [5, 5.41) is 0. The molecule has 2 aromatic carbocycles. The van der Waals surface area contributed by atoms with E-state index in [0.717, 1.165) is 19.6 Å². The number of quaternary nitrogens is 1. The van der Waals surface area contributed by atoms with E-state index in [1.54, 1.807) is 17.0 Å². The van der Waals surface area contributed by atoms with Crippen LogP contribution >= 0.6 is 0 Å². The molecule has 3 rings (SSSR count). The maximum atomic E-state index is 12.8. The number of sulfonamides is 1. The van der Waals surface area contributed by atoms with Gasteiger partial charge in [0.05, 0.1) is 37.6 Å². The summed E-state index contributed by atoms with van der Waals surface area (Å²) in [6.07, 6.45) is 4.30. The van der Waals surface area contributed by atoms with Gasteiger partial charge in [0.1, 0.15) is 0 Å². The van der Waals surface area contributed by atoms with Crippen molar-refractivity contribution in [2.45, 2.75) is 4.90 Å². The van der Waals surface area contributed by atoms with Gasteiger partial charge in [-0.05, 0) is 36.9 Å². The van der Waals surface area contributed by atoms with Crippen molar-refractivity contribution in [2.24, 2.45) is 0 Å². The number of nitrogens with zero attached hydrogens (tertiary/aromatic N) is 1. The van der Waals surface area contributed by atoms with Gasteiger partial charge in [-0.25, -0.2) is 13.1 Å². The van der Waals surface area contributed by atoms with Crippen molar-refractivity contribution in [3.05, 3.63) is 71.8 Å². The van der Waals surface area contributed by atoms with Crippen LogP contribution in [0.1, 0.15) is 15.9 Å². The van der Waals surface area contributed by atoms with Crippen molar-refractivity contribution in [1.29, 1.82) is 0 Å². The molecule has 148 valence electrons. The van der Waals surface area contributed by atoms with Crippen molar-refractivity contribution in [2.75, 3.05) is 39.8 Å². The monoisotopic (exact) mass is 400 g/mol. The Morgan fingerprint density at radius 1 is 1.11 bits per heavy atom. The summed E-state index contributed by atoms with van der Waals surface area (Å²) < 4.78 is 26.2. The number of hydrogen-bond acceptors (Lipinski definition) is 3. The zero-order valence-corrected chi connectivity index (χ0v) is 16.8. The first kappa shape index (κ1) is 20.3.